The lowest BCUT2D eigenvalue weighted by Crippen LogP contribution is -2.51. The van der Waals surface area contributed by atoms with Gasteiger partial charge < -0.3 is 14.9 Å². The van der Waals surface area contributed by atoms with Crippen LogP contribution in [0.3, 0.4) is 0 Å². The Balaban J connectivity index is 1.68. The molecule has 2 N–H and O–H groups in total. The third-order valence-corrected chi connectivity index (χ3v) is 5.56. The topological polar surface area (TPSA) is 105 Å². The highest BCUT2D eigenvalue weighted by Gasteiger charge is 2.50. The number of carboxylic acids is 1. The number of benzene rings is 1. The average Bonchev–Trinajstić information content (AvgIpc) is 3.36. The van der Waals surface area contributed by atoms with Gasteiger partial charge in [0.25, 0.3) is 0 Å². The first-order valence-corrected chi connectivity index (χ1v) is 10.0. The average molecular weight is 495 g/mol. The van der Waals surface area contributed by atoms with Crippen molar-refractivity contribution in [3.05, 3.63) is 53.7 Å². The number of thioether (sulfide) groups is 1. The Morgan fingerprint density at radius 2 is 1.79 bits per heavy atom. The lowest BCUT2D eigenvalue weighted by Gasteiger charge is -2.17. The molecule has 1 saturated carbocycles. The molecular weight excluding hydrogens is 480 g/mol. The van der Waals surface area contributed by atoms with Crippen LogP contribution < -0.4 is 5.32 Å². The summed E-state index contributed by atoms with van der Waals surface area (Å²) in [6.07, 6.45) is -4.46. The van der Waals surface area contributed by atoms with Gasteiger partial charge in [0, 0.05) is 10.5 Å². The van der Waals surface area contributed by atoms with E-state index in [-0.39, 0.29) is 28.4 Å². The predicted molar refractivity (Wildman–Crippen MR) is 101 cm³/mol. The Kier molecular flexibility index (Phi) is 6.51. The molecule has 7 nitrogen and oxygen atoms in total. The van der Waals surface area contributed by atoms with Gasteiger partial charge in [-0.1, -0.05) is 23.9 Å². The van der Waals surface area contributed by atoms with E-state index in [1.54, 1.807) is 0 Å². The van der Waals surface area contributed by atoms with Crippen molar-refractivity contribution in [1.82, 2.24) is 15.5 Å². The maximum absolute atomic E-state index is 12.7. The van der Waals surface area contributed by atoms with Gasteiger partial charge in [-0.15, -0.1) is 0 Å². The zero-order valence-electron chi connectivity index (χ0n) is 16.5. The minimum Gasteiger partial charge on any atom is -0.479 e. The highest BCUT2D eigenvalue weighted by Crippen LogP contribution is 2.52. The fourth-order valence-electron chi connectivity index (χ4n) is 3.04. The van der Waals surface area contributed by atoms with Crippen molar-refractivity contribution in [3.8, 4) is 0 Å². The number of aromatic nitrogens is 2. The summed E-state index contributed by atoms with van der Waals surface area (Å²) in [5, 5.41) is 13.8. The number of carbonyl (C=O) groups excluding carboxylic acids is 1. The van der Waals surface area contributed by atoms with Gasteiger partial charge in [0.05, 0.1) is 11.8 Å². The van der Waals surface area contributed by atoms with Crippen LogP contribution in [0.25, 0.3) is 0 Å². The lowest BCUT2D eigenvalue weighted by atomic mass is 9.95. The minimum atomic E-state index is -5.20. The van der Waals surface area contributed by atoms with Crippen molar-refractivity contribution in [2.45, 2.75) is 47.3 Å². The molecule has 2 aromatic rings. The molecule has 0 aliphatic heterocycles. The summed E-state index contributed by atoms with van der Waals surface area (Å²) >= 11 is -0.247. The normalized spacial score (nSPS) is 16.2. The van der Waals surface area contributed by atoms with Crippen molar-refractivity contribution in [2.24, 2.45) is 0 Å². The second kappa shape index (κ2) is 8.72. The van der Waals surface area contributed by atoms with E-state index in [2.05, 4.69) is 16.7 Å². The van der Waals surface area contributed by atoms with Crippen molar-refractivity contribution in [2.75, 3.05) is 0 Å². The van der Waals surface area contributed by atoms with E-state index in [1.165, 1.54) is 29.6 Å². The van der Waals surface area contributed by atoms with E-state index in [1.807, 2.05) is 0 Å². The van der Waals surface area contributed by atoms with E-state index in [4.69, 9.17) is 9.63 Å². The van der Waals surface area contributed by atoms with Gasteiger partial charge in [0.15, 0.2) is 5.82 Å². The largest absolute Gasteiger partial charge is 0.479 e. The maximum Gasteiger partial charge on any atom is 0.446 e. The number of alkyl halides is 6. The molecule has 0 radical (unpaired) electrons. The fourth-order valence-corrected chi connectivity index (χ4v) is 3.58. The molecule has 0 spiro atoms. The molecule has 1 aromatic heterocycles. The van der Waals surface area contributed by atoms with Crippen LogP contribution in [0, 0.1) is 0 Å². The van der Waals surface area contributed by atoms with Crippen LogP contribution in [-0.2, 0) is 21.4 Å². The fraction of sp³-hybridized carbons (Fsp3) is 0.368. The van der Waals surface area contributed by atoms with Crippen molar-refractivity contribution >= 4 is 23.6 Å². The zero-order chi connectivity index (χ0) is 24.6. The second-order valence-corrected chi connectivity index (χ2v) is 8.37. The number of carboxylic acid groups (broad SMARTS) is 1. The van der Waals surface area contributed by atoms with Gasteiger partial charge >= 0.3 is 17.7 Å². The molecule has 178 valence electrons. The Morgan fingerprint density at radius 3 is 2.27 bits per heavy atom. The zero-order valence-corrected chi connectivity index (χ0v) is 17.3. The molecule has 0 saturated heterocycles. The van der Waals surface area contributed by atoms with Crippen LogP contribution in [0.2, 0.25) is 0 Å². The quantitative estimate of drug-likeness (QED) is 0.324. The van der Waals surface area contributed by atoms with Gasteiger partial charge in [0.2, 0.25) is 17.8 Å². The van der Waals surface area contributed by atoms with Crippen LogP contribution in [0.15, 0.2) is 45.8 Å². The Bertz CT molecular complexity index is 1060. The number of hydrogen-bond donors (Lipinski definition) is 2. The smallest absolute Gasteiger partial charge is 0.446 e. The summed E-state index contributed by atoms with van der Waals surface area (Å²) in [5.74, 6) is -3.56. The molecule has 1 aliphatic rings. The third kappa shape index (κ3) is 5.86. The highest BCUT2D eigenvalue weighted by molar-refractivity contribution is 8.00. The molecule has 1 aliphatic carbocycles. The van der Waals surface area contributed by atoms with Crippen LogP contribution in [-0.4, -0.2) is 44.9 Å². The monoisotopic (exact) mass is 495 g/mol. The molecule has 1 heterocycles. The Labute approximate surface area is 186 Å². The number of carbonyl (C=O) groups is 2. The van der Waals surface area contributed by atoms with Crippen LogP contribution in [0.5, 0.6) is 0 Å². The number of hydrogen-bond acceptors (Lipinski definition) is 6. The molecule has 1 unspecified atom stereocenters. The summed E-state index contributed by atoms with van der Waals surface area (Å²) in [6, 6.07) is 2.58. The van der Waals surface area contributed by atoms with Crippen molar-refractivity contribution in [3.63, 3.8) is 0 Å². The van der Waals surface area contributed by atoms with Gasteiger partial charge in [-0.2, -0.15) is 31.3 Å². The lowest BCUT2D eigenvalue weighted by molar-refractivity contribution is -0.181. The predicted octanol–water partition coefficient (Wildman–Crippen LogP) is 3.99. The van der Waals surface area contributed by atoms with E-state index in [9.17, 15) is 35.9 Å². The van der Waals surface area contributed by atoms with Gasteiger partial charge in [-0.05, 0) is 42.3 Å². The summed E-state index contributed by atoms with van der Waals surface area (Å²) in [7, 11) is 0. The van der Waals surface area contributed by atoms with E-state index in [0.29, 0.717) is 18.4 Å². The summed E-state index contributed by atoms with van der Waals surface area (Å²) < 4.78 is 80.7. The van der Waals surface area contributed by atoms with Gasteiger partial charge in [-0.25, -0.2) is 4.79 Å². The van der Waals surface area contributed by atoms with E-state index < -0.39 is 47.0 Å². The van der Waals surface area contributed by atoms with Gasteiger partial charge in [0.1, 0.15) is 0 Å². The van der Waals surface area contributed by atoms with E-state index in [0.717, 1.165) is 0 Å². The van der Waals surface area contributed by atoms with Crippen molar-refractivity contribution in [1.29, 1.82) is 0 Å². The Morgan fingerprint density at radius 1 is 1.18 bits per heavy atom. The molecule has 1 atom stereocenters. The first-order valence-electron chi connectivity index (χ1n) is 9.19. The molecule has 33 heavy (non-hydrogen) atoms. The summed E-state index contributed by atoms with van der Waals surface area (Å²) in [6.45, 7) is 3.33. The Hall–Kier alpha value is -3.03. The summed E-state index contributed by atoms with van der Waals surface area (Å²) in [5.41, 5.74) is -4.87. The molecular formula is C19H15F6N3O4S. The van der Waals surface area contributed by atoms with Crippen LogP contribution in [0.1, 0.15) is 30.1 Å². The number of nitrogens with one attached hydrogen (secondary N) is 1. The summed E-state index contributed by atoms with van der Waals surface area (Å²) in [4.78, 5) is 26.8. The molecule has 14 heteroatoms. The molecule has 1 fully saturated rings. The highest BCUT2D eigenvalue weighted by atomic mass is 32.2. The standard InChI is InChI=1S/C19H15F6N3O4S/c1-9(14(29)27-13(15(30)31)18(20,21)22)8-12-26-16(28-32-12)17(6-7-17)10-2-4-11(5-3-10)33-19(23,24)25/h2-5,13H,1,6-8H2,(H,27,29)(H,30,31). The van der Waals surface area contributed by atoms with E-state index >= 15 is 0 Å². The van der Waals surface area contributed by atoms with Crippen LogP contribution >= 0.6 is 11.8 Å². The second-order valence-electron chi connectivity index (χ2n) is 7.23. The molecule has 3 rings (SSSR count). The van der Waals surface area contributed by atoms with Crippen LogP contribution in [0.4, 0.5) is 26.3 Å². The molecule has 1 amide bonds. The SMILES string of the molecule is C=C(Cc1nc(C2(c3ccc(SC(F)(F)F)cc3)CC2)no1)C(=O)NC(C(=O)O)C(F)(F)F. The number of nitrogens with zero attached hydrogens (tertiary/aromatic N) is 2. The molecule has 1 aromatic carbocycles. The third-order valence-electron chi connectivity index (χ3n) is 4.82. The minimum absolute atomic E-state index is 0.0108. The first kappa shape index (κ1) is 24.6. The van der Waals surface area contributed by atoms with Gasteiger partial charge in [-0.3, -0.25) is 4.79 Å². The number of rotatable bonds is 8. The number of amides is 1. The number of halogens is 6. The first-order chi connectivity index (χ1) is 15.2. The molecule has 0 bridgehead atoms. The maximum atomic E-state index is 12.7. The van der Waals surface area contributed by atoms with Crippen molar-refractivity contribution < 1.29 is 45.6 Å². The number of aliphatic carboxylic acids is 1.